The van der Waals surface area contributed by atoms with E-state index in [1.807, 2.05) is 31.2 Å². The lowest BCUT2D eigenvalue weighted by atomic mass is 9.79. The van der Waals surface area contributed by atoms with E-state index in [9.17, 15) is 0 Å². The Balaban J connectivity index is 2.29. The van der Waals surface area contributed by atoms with Gasteiger partial charge in [0, 0.05) is 11.5 Å². The summed E-state index contributed by atoms with van der Waals surface area (Å²) >= 11 is 0. The van der Waals surface area contributed by atoms with Crippen molar-refractivity contribution in [3.63, 3.8) is 0 Å². The van der Waals surface area contributed by atoms with E-state index in [4.69, 9.17) is 9.94 Å². The van der Waals surface area contributed by atoms with E-state index in [0.29, 0.717) is 12.5 Å². The van der Waals surface area contributed by atoms with E-state index < -0.39 is 0 Å². The fourth-order valence-electron chi connectivity index (χ4n) is 2.00. The molecule has 86 valence electrons. The summed E-state index contributed by atoms with van der Waals surface area (Å²) in [4.78, 5) is 0. The quantitative estimate of drug-likeness (QED) is 0.480. The molecule has 1 saturated carbocycles. The van der Waals surface area contributed by atoms with Crippen molar-refractivity contribution in [3.8, 4) is 5.75 Å². The molecule has 0 saturated heterocycles. The molecule has 2 rings (SSSR count). The van der Waals surface area contributed by atoms with Gasteiger partial charge in [-0.25, -0.2) is 0 Å². The number of rotatable bonds is 4. The Bertz CT molecular complexity index is 383. The maximum absolute atomic E-state index is 9.14. The summed E-state index contributed by atoms with van der Waals surface area (Å²) in [5, 5.41) is 12.6. The predicted octanol–water partition coefficient (Wildman–Crippen LogP) is 3.06. The fraction of sp³-hybridized carbons (Fsp3) is 0.462. The average molecular weight is 219 g/mol. The first-order valence-electron chi connectivity index (χ1n) is 5.81. The molecule has 0 amide bonds. The molecule has 3 heteroatoms. The van der Waals surface area contributed by atoms with Gasteiger partial charge in [-0.2, -0.15) is 0 Å². The van der Waals surface area contributed by atoms with Crippen LogP contribution < -0.4 is 4.74 Å². The second-order valence-electron chi connectivity index (χ2n) is 4.04. The molecular formula is C13H17NO2. The van der Waals surface area contributed by atoms with E-state index in [1.54, 1.807) is 0 Å². The molecule has 0 atom stereocenters. The minimum Gasteiger partial charge on any atom is -0.493 e. The zero-order valence-electron chi connectivity index (χ0n) is 9.52. The summed E-state index contributed by atoms with van der Waals surface area (Å²) < 4.78 is 5.55. The van der Waals surface area contributed by atoms with Crippen molar-refractivity contribution in [2.45, 2.75) is 26.2 Å². The van der Waals surface area contributed by atoms with E-state index >= 15 is 0 Å². The largest absolute Gasteiger partial charge is 0.493 e. The Labute approximate surface area is 95.7 Å². The number of para-hydroxylation sites is 1. The van der Waals surface area contributed by atoms with Gasteiger partial charge < -0.3 is 9.94 Å². The summed E-state index contributed by atoms with van der Waals surface area (Å²) in [5.41, 5.74) is 1.70. The molecule has 1 aliphatic rings. The third kappa shape index (κ3) is 2.03. The Morgan fingerprint density at radius 2 is 2.19 bits per heavy atom. The van der Waals surface area contributed by atoms with E-state index in [-0.39, 0.29) is 0 Å². The van der Waals surface area contributed by atoms with Crippen LogP contribution in [0.1, 0.15) is 31.7 Å². The highest BCUT2D eigenvalue weighted by Gasteiger charge is 2.26. The molecule has 3 nitrogen and oxygen atoms in total. The summed E-state index contributed by atoms with van der Waals surface area (Å²) in [6.07, 6.45) is 3.44. The molecule has 0 heterocycles. The molecular weight excluding hydrogens is 202 g/mol. The minimum absolute atomic E-state index is 0.395. The molecule has 0 aliphatic heterocycles. The Morgan fingerprint density at radius 3 is 2.75 bits per heavy atom. The molecule has 1 N–H and O–H groups in total. The first kappa shape index (κ1) is 11.0. The standard InChI is InChI=1S/C13H17NO2/c1-2-16-12-9-4-3-8-11(12)13(14-15)10-6-5-7-10/h3-4,8-10,15H,2,5-7H2,1H3. The van der Waals surface area contributed by atoms with Crippen molar-refractivity contribution in [1.82, 2.24) is 0 Å². The van der Waals surface area contributed by atoms with Crippen molar-refractivity contribution in [1.29, 1.82) is 0 Å². The van der Waals surface area contributed by atoms with Gasteiger partial charge in [0.1, 0.15) is 5.75 Å². The molecule has 0 radical (unpaired) electrons. The number of benzene rings is 1. The lowest BCUT2D eigenvalue weighted by molar-refractivity contribution is 0.304. The molecule has 0 spiro atoms. The van der Waals surface area contributed by atoms with Gasteiger partial charge in [-0.05, 0) is 31.9 Å². The van der Waals surface area contributed by atoms with Gasteiger partial charge >= 0.3 is 0 Å². The summed E-state index contributed by atoms with van der Waals surface area (Å²) in [5.74, 6) is 1.20. The van der Waals surface area contributed by atoms with Crippen LogP contribution in [-0.4, -0.2) is 17.5 Å². The zero-order chi connectivity index (χ0) is 11.4. The third-order valence-electron chi connectivity index (χ3n) is 3.06. The van der Waals surface area contributed by atoms with Gasteiger partial charge in [0.25, 0.3) is 0 Å². The SMILES string of the molecule is CCOc1ccccc1C(=NO)C1CCC1. The van der Waals surface area contributed by atoms with Crippen LogP contribution in [0.5, 0.6) is 5.75 Å². The number of hydrogen-bond acceptors (Lipinski definition) is 3. The topological polar surface area (TPSA) is 41.8 Å². The third-order valence-corrected chi connectivity index (χ3v) is 3.06. The molecule has 1 aromatic carbocycles. The monoisotopic (exact) mass is 219 g/mol. The van der Waals surface area contributed by atoms with Crippen LogP contribution >= 0.6 is 0 Å². The second kappa shape index (κ2) is 5.01. The molecule has 1 aromatic rings. The molecule has 1 fully saturated rings. The smallest absolute Gasteiger partial charge is 0.128 e. The highest BCUT2D eigenvalue weighted by atomic mass is 16.5. The van der Waals surface area contributed by atoms with Crippen LogP contribution in [0.2, 0.25) is 0 Å². The van der Waals surface area contributed by atoms with Crippen LogP contribution in [-0.2, 0) is 0 Å². The average Bonchev–Trinajstić information content (AvgIpc) is 2.25. The first-order valence-corrected chi connectivity index (χ1v) is 5.81. The van der Waals surface area contributed by atoms with Crippen molar-refractivity contribution >= 4 is 5.71 Å². The lowest BCUT2D eigenvalue weighted by Gasteiger charge is -2.26. The van der Waals surface area contributed by atoms with Crippen molar-refractivity contribution in [2.75, 3.05) is 6.61 Å². The Morgan fingerprint density at radius 1 is 1.44 bits per heavy atom. The Kier molecular flexibility index (Phi) is 3.44. The van der Waals surface area contributed by atoms with Crippen molar-refractivity contribution in [3.05, 3.63) is 29.8 Å². The lowest BCUT2D eigenvalue weighted by Crippen LogP contribution is -2.23. The van der Waals surface area contributed by atoms with Gasteiger partial charge in [-0.3, -0.25) is 0 Å². The van der Waals surface area contributed by atoms with Gasteiger partial charge in [0.2, 0.25) is 0 Å². The fourth-order valence-corrected chi connectivity index (χ4v) is 2.00. The maximum Gasteiger partial charge on any atom is 0.128 e. The maximum atomic E-state index is 9.14. The molecule has 16 heavy (non-hydrogen) atoms. The molecule has 1 aliphatic carbocycles. The second-order valence-corrected chi connectivity index (χ2v) is 4.04. The summed E-state index contributed by atoms with van der Waals surface area (Å²) in [6, 6.07) is 7.76. The minimum atomic E-state index is 0.395. The van der Waals surface area contributed by atoms with Crippen LogP contribution in [0.15, 0.2) is 29.4 Å². The van der Waals surface area contributed by atoms with Crippen LogP contribution in [0.4, 0.5) is 0 Å². The number of nitrogens with zero attached hydrogens (tertiary/aromatic N) is 1. The zero-order valence-corrected chi connectivity index (χ0v) is 9.52. The number of ether oxygens (including phenoxy) is 1. The van der Waals surface area contributed by atoms with Crippen LogP contribution in [0.3, 0.4) is 0 Å². The van der Waals surface area contributed by atoms with E-state index in [0.717, 1.165) is 29.9 Å². The molecule has 0 bridgehead atoms. The van der Waals surface area contributed by atoms with Crippen molar-refractivity contribution in [2.24, 2.45) is 11.1 Å². The molecule has 0 aromatic heterocycles. The molecule has 0 unspecified atom stereocenters. The highest BCUT2D eigenvalue weighted by Crippen LogP contribution is 2.33. The highest BCUT2D eigenvalue weighted by molar-refractivity contribution is 6.04. The van der Waals surface area contributed by atoms with Crippen LogP contribution in [0, 0.1) is 5.92 Å². The number of hydrogen-bond donors (Lipinski definition) is 1. The van der Waals surface area contributed by atoms with E-state index in [2.05, 4.69) is 5.16 Å². The van der Waals surface area contributed by atoms with Gasteiger partial charge in [-0.15, -0.1) is 0 Å². The van der Waals surface area contributed by atoms with Gasteiger partial charge in [-0.1, -0.05) is 23.7 Å². The normalized spacial score (nSPS) is 16.9. The first-order chi connectivity index (χ1) is 7.86. The van der Waals surface area contributed by atoms with Gasteiger partial charge in [0.15, 0.2) is 0 Å². The van der Waals surface area contributed by atoms with Crippen LogP contribution in [0.25, 0.3) is 0 Å². The summed E-state index contributed by atoms with van der Waals surface area (Å²) in [7, 11) is 0. The van der Waals surface area contributed by atoms with E-state index in [1.165, 1.54) is 6.42 Å². The number of oxime groups is 1. The Hall–Kier alpha value is -1.51. The van der Waals surface area contributed by atoms with Gasteiger partial charge in [0.05, 0.1) is 12.3 Å². The predicted molar refractivity (Wildman–Crippen MR) is 63.3 cm³/mol. The summed E-state index contributed by atoms with van der Waals surface area (Å²) in [6.45, 7) is 2.58. The van der Waals surface area contributed by atoms with Crippen molar-refractivity contribution < 1.29 is 9.94 Å².